The van der Waals surface area contributed by atoms with E-state index < -0.39 is 22.7 Å². The van der Waals surface area contributed by atoms with Gasteiger partial charge >= 0.3 is 11.9 Å². The molecule has 56 heavy (non-hydrogen) atoms. The number of hydrogen-bond donors (Lipinski definition) is 2. The highest BCUT2D eigenvalue weighted by molar-refractivity contribution is 6.01. The summed E-state index contributed by atoms with van der Waals surface area (Å²) in [6.07, 6.45) is 8.40. The number of nitrogens with one attached hydrogen (secondary N) is 1. The van der Waals surface area contributed by atoms with Gasteiger partial charge in [-0.25, -0.2) is 4.98 Å². The summed E-state index contributed by atoms with van der Waals surface area (Å²) < 4.78 is 13.0. The number of aromatic nitrogens is 4. The number of carboxylic acids is 1. The van der Waals surface area contributed by atoms with Gasteiger partial charge in [-0.1, -0.05) is 74.4 Å². The standard InChI is InChI=1S/C46H60N4O6/c1-24(2)34-30(51)23-46(40-50-49-37(56-40)36-47-28-12-10-11-13-29(28)48-36)21-20-44(8)25(35(34)46)14-15-32-43(7)18-17-33(42(5,6)31(43)16-19-45(32,44)9)55-39(54)27-22-26(38(52)53)41(27,3)4/h10-13,24-27,31-33H,14-23H2,1-9H3,(H,47,48)(H,52,53)/t25?,26-,27+,31-,32+,33-,43-,44+,45+,46+/m0/s1. The first-order chi connectivity index (χ1) is 26.3. The van der Waals surface area contributed by atoms with Gasteiger partial charge in [0.15, 0.2) is 11.6 Å². The van der Waals surface area contributed by atoms with E-state index in [1.807, 2.05) is 38.1 Å². The van der Waals surface area contributed by atoms with Gasteiger partial charge in [0.2, 0.25) is 5.89 Å². The number of nitrogens with zero attached hydrogens (tertiary/aromatic N) is 3. The second kappa shape index (κ2) is 12.1. The molecule has 0 aliphatic heterocycles. The van der Waals surface area contributed by atoms with Gasteiger partial charge in [0, 0.05) is 11.8 Å². The number of para-hydroxylation sites is 2. The van der Waals surface area contributed by atoms with E-state index in [1.54, 1.807) is 0 Å². The molecule has 0 amide bonds. The van der Waals surface area contributed by atoms with Crippen molar-refractivity contribution in [1.29, 1.82) is 0 Å². The van der Waals surface area contributed by atoms with E-state index in [2.05, 4.69) is 58.5 Å². The van der Waals surface area contributed by atoms with Crippen LogP contribution in [0.5, 0.6) is 0 Å². The molecule has 0 spiro atoms. The molecule has 3 aromatic rings. The Hall–Kier alpha value is -3.82. The van der Waals surface area contributed by atoms with E-state index in [4.69, 9.17) is 19.2 Å². The van der Waals surface area contributed by atoms with Crippen LogP contribution in [0, 0.1) is 62.6 Å². The van der Waals surface area contributed by atoms with Crippen molar-refractivity contribution in [3.8, 4) is 11.7 Å². The molecule has 6 aliphatic rings. The molecule has 10 nitrogen and oxygen atoms in total. The number of allylic oxidation sites excluding steroid dienone is 2. The van der Waals surface area contributed by atoms with Gasteiger partial charge in [-0.05, 0) is 126 Å². The Kier molecular flexibility index (Phi) is 8.16. The van der Waals surface area contributed by atoms with Crippen LogP contribution in [-0.2, 0) is 24.5 Å². The third-order valence-electron chi connectivity index (χ3n) is 17.9. The van der Waals surface area contributed by atoms with Crippen LogP contribution in [0.3, 0.4) is 0 Å². The molecule has 1 unspecified atom stereocenters. The Morgan fingerprint density at radius 2 is 1.62 bits per heavy atom. The minimum absolute atomic E-state index is 0.0287. The number of Topliss-reactive ketones (excluding diaryl/α,β-unsaturated/α-hetero) is 1. The SMILES string of the molecule is CC(C)C1=C2C3CC[C@@H]4[C@@]5(C)CC[C@H](OC(=O)[C@H]6C[C@@H](C(=O)O)C6(C)C)C(C)(C)[C@@H]5CC[C@@]4(C)[C@]3(C)CC[C@@]2(c2nnc(-c3nc4ccccc4[nH]3)o2)CC1=O. The number of rotatable bonds is 6. The van der Waals surface area contributed by atoms with Gasteiger partial charge in [0.25, 0.3) is 5.89 Å². The first-order valence-corrected chi connectivity index (χ1v) is 21.3. The molecule has 2 heterocycles. The lowest BCUT2D eigenvalue weighted by Gasteiger charge is -2.72. The molecule has 10 heteroatoms. The summed E-state index contributed by atoms with van der Waals surface area (Å²) in [6, 6.07) is 7.87. The number of ketones is 1. The van der Waals surface area contributed by atoms with Crippen LogP contribution in [0.4, 0.5) is 0 Å². The summed E-state index contributed by atoms with van der Waals surface area (Å²) in [5.74, 6) is 0.936. The number of carbonyl (C=O) groups excluding carboxylic acids is 2. The number of aliphatic carboxylic acids is 1. The molecule has 5 saturated carbocycles. The molecule has 6 aliphatic carbocycles. The highest BCUT2D eigenvalue weighted by Crippen LogP contribution is 2.77. The van der Waals surface area contributed by atoms with Gasteiger partial charge in [-0.3, -0.25) is 14.4 Å². The fourth-order valence-corrected chi connectivity index (χ4v) is 14.6. The van der Waals surface area contributed by atoms with Gasteiger partial charge in [0.05, 0.1) is 28.3 Å². The van der Waals surface area contributed by atoms with Crippen molar-refractivity contribution in [2.24, 2.45) is 62.6 Å². The fraction of sp³-hybridized carbons (Fsp3) is 0.696. The van der Waals surface area contributed by atoms with Crippen molar-refractivity contribution in [3.05, 3.63) is 41.3 Å². The molecular weight excluding hydrogens is 705 g/mol. The maximum absolute atomic E-state index is 14.2. The Balaban J connectivity index is 1.01. The third-order valence-corrected chi connectivity index (χ3v) is 17.9. The summed E-state index contributed by atoms with van der Waals surface area (Å²) in [5.41, 5.74) is 2.67. The number of carbonyl (C=O) groups is 3. The van der Waals surface area contributed by atoms with Crippen LogP contribution in [0.15, 0.2) is 39.8 Å². The van der Waals surface area contributed by atoms with Gasteiger partial charge < -0.3 is 19.2 Å². The quantitative estimate of drug-likeness (QED) is 0.234. The highest BCUT2D eigenvalue weighted by Gasteiger charge is 2.71. The Bertz CT molecular complexity index is 2150. The van der Waals surface area contributed by atoms with Crippen LogP contribution >= 0.6 is 0 Å². The van der Waals surface area contributed by atoms with E-state index >= 15 is 0 Å². The number of H-pyrrole nitrogens is 1. The van der Waals surface area contributed by atoms with Crippen LogP contribution in [-0.4, -0.2) is 49.1 Å². The van der Waals surface area contributed by atoms with Crippen LogP contribution in [0.2, 0.25) is 0 Å². The molecule has 0 radical (unpaired) electrons. The summed E-state index contributed by atoms with van der Waals surface area (Å²) in [6.45, 7) is 20.4. The lowest BCUT2D eigenvalue weighted by atomic mass is 9.33. The first-order valence-electron chi connectivity index (χ1n) is 21.3. The van der Waals surface area contributed by atoms with Gasteiger partial charge in [-0.15, -0.1) is 10.2 Å². The predicted octanol–water partition coefficient (Wildman–Crippen LogP) is 9.50. The highest BCUT2D eigenvalue weighted by atomic mass is 16.5. The normalized spacial score (nSPS) is 39.7. The van der Waals surface area contributed by atoms with E-state index in [0.717, 1.165) is 68.0 Å². The number of benzene rings is 1. The van der Waals surface area contributed by atoms with Crippen LogP contribution in [0.25, 0.3) is 22.7 Å². The minimum Gasteiger partial charge on any atom is -0.481 e. The van der Waals surface area contributed by atoms with Crippen molar-refractivity contribution in [3.63, 3.8) is 0 Å². The molecule has 300 valence electrons. The van der Waals surface area contributed by atoms with Crippen molar-refractivity contribution in [1.82, 2.24) is 20.2 Å². The monoisotopic (exact) mass is 764 g/mol. The zero-order valence-electron chi connectivity index (χ0n) is 34.8. The average molecular weight is 765 g/mol. The Morgan fingerprint density at radius 3 is 2.32 bits per heavy atom. The summed E-state index contributed by atoms with van der Waals surface area (Å²) in [4.78, 5) is 47.7. The summed E-state index contributed by atoms with van der Waals surface area (Å²) in [7, 11) is 0. The molecule has 9 rings (SSSR count). The van der Waals surface area contributed by atoms with E-state index in [1.165, 1.54) is 5.57 Å². The first kappa shape index (κ1) is 37.7. The van der Waals surface area contributed by atoms with Crippen LogP contribution < -0.4 is 0 Å². The van der Waals surface area contributed by atoms with Crippen LogP contribution in [0.1, 0.15) is 132 Å². The van der Waals surface area contributed by atoms with E-state index in [0.29, 0.717) is 42.3 Å². The van der Waals surface area contributed by atoms with Gasteiger partial charge in [0.1, 0.15) is 6.10 Å². The zero-order chi connectivity index (χ0) is 40.0. The second-order valence-electron chi connectivity index (χ2n) is 21.1. The number of ether oxygens (including phenoxy) is 1. The van der Waals surface area contributed by atoms with Gasteiger partial charge in [-0.2, -0.15) is 0 Å². The fourth-order valence-electron chi connectivity index (χ4n) is 14.6. The third kappa shape index (κ3) is 4.85. The topological polar surface area (TPSA) is 148 Å². The minimum atomic E-state index is -0.830. The van der Waals surface area contributed by atoms with E-state index in [9.17, 15) is 19.5 Å². The number of hydrogen-bond acceptors (Lipinski definition) is 8. The number of carboxylic acid groups (broad SMARTS) is 1. The molecule has 2 aromatic heterocycles. The number of fused-ring (bicyclic) bond motifs is 8. The Morgan fingerprint density at radius 1 is 0.875 bits per heavy atom. The number of aromatic amines is 1. The largest absolute Gasteiger partial charge is 0.481 e. The number of esters is 1. The van der Waals surface area contributed by atoms with Crippen molar-refractivity contribution < 1.29 is 28.6 Å². The Labute approximate surface area is 330 Å². The molecule has 2 N–H and O–H groups in total. The maximum atomic E-state index is 14.2. The molecular formula is C46H60N4O6. The average Bonchev–Trinajstić information content (AvgIpc) is 3.85. The zero-order valence-corrected chi connectivity index (χ0v) is 34.8. The number of imidazole rings is 1. The summed E-state index contributed by atoms with van der Waals surface area (Å²) in [5, 5.41) is 18.9. The molecule has 5 fully saturated rings. The summed E-state index contributed by atoms with van der Waals surface area (Å²) >= 11 is 0. The second-order valence-corrected chi connectivity index (χ2v) is 21.1. The lowest BCUT2D eigenvalue weighted by molar-refractivity contribution is -0.235. The molecule has 0 bridgehead atoms. The van der Waals surface area contributed by atoms with Crippen molar-refractivity contribution >= 4 is 28.8 Å². The molecule has 10 atom stereocenters. The molecule has 1 aromatic carbocycles. The maximum Gasteiger partial charge on any atom is 0.309 e. The smallest absolute Gasteiger partial charge is 0.309 e. The lowest BCUT2D eigenvalue weighted by Crippen LogP contribution is -2.66. The predicted molar refractivity (Wildman–Crippen MR) is 211 cm³/mol. The van der Waals surface area contributed by atoms with Crippen molar-refractivity contribution in [2.75, 3.05) is 0 Å². The molecule has 0 saturated heterocycles. The van der Waals surface area contributed by atoms with E-state index in [-0.39, 0.29) is 57.3 Å². The van der Waals surface area contributed by atoms with Crippen molar-refractivity contribution in [2.45, 2.75) is 138 Å².